The average molecular weight is 398 g/mol. The van der Waals surface area contributed by atoms with Gasteiger partial charge < -0.3 is 14.4 Å². The molecule has 1 aromatic rings. The van der Waals surface area contributed by atoms with Gasteiger partial charge in [0.15, 0.2) is 6.10 Å². The maximum atomic E-state index is 12.8. The fourth-order valence-electron chi connectivity index (χ4n) is 2.88. The average Bonchev–Trinajstić information content (AvgIpc) is 2.60. The van der Waals surface area contributed by atoms with E-state index in [-0.39, 0.29) is 41.7 Å². The third-order valence-corrected chi connectivity index (χ3v) is 6.03. The van der Waals surface area contributed by atoms with Crippen LogP contribution in [0.3, 0.4) is 0 Å². The molecule has 3 atom stereocenters. The molecule has 1 saturated heterocycles. The van der Waals surface area contributed by atoms with Crippen molar-refractivity contribution in [1.82, 2.24) is 9.21 Å². The maximum absolute atomic E-state index is 12.8. The van der Waals surface area contributed by atoms with Crippen LogP contribution in [-0.4, -0.2) is 75.0 Å². The standard InChI is InChI=1S/C18H26N2O6S/c1-12-10-20(11-13(2)25-12)27(23,24)16-8-6-15(7-9-16)18(22)26-14(3)17(21)19(4)5/h6-9,12-14H,10-11H2,1-5H3/t12-,13-,14-/m0/s1. The number of ether oxygens (including phenoxy) is 2. The van der Waals surface area contributed by atoms with Crippen molar-refractivity contribution in [2.24, 2.45) is 0 Å². The minimum Gasteiger partial charge on any atom is -0.449 e. The molecule has 0 unspecified atom stereocenters. The molecule has 0 aromatic heterocycles. The van der Waals surface area contributed by atoms with Gasteiger partial charge in [0.05, 0.1) is 22.7 Å². The molecule has 8 nitrogen and oxygen atoms in total. The van der Waals surface area contributed by atoms with E-state index in [1.165, 1.54) is 40.4 Å². The van der Waals surface area contributed by atoms with Crippen LogP contribution in [0.1, 0.15) is 31.1 Å². The van der Waals surface area contributed by atoms with Crippen molar-refractivity contribution in [2.75, 3.05) is 27.2 Å². The van der Waals surface area contributed by atoms with Crippen LogP contribution in [0.15, 0.2) is 29.2 Å². The molecule has 2 rings (SSSR count). The largest absolute Gasteiger partial charge is 0.449 e. The molecule has 0 N–H and O–H groups in total. The number of amides is 1. The summed E-state index contributed by atoms with van der Waals surface area (Å²) in [6, 6.07) is 5.51. The lowest BCUT2D eigenvalue weighted by molar-refractivity contribution is -0.137. The van der Waals surface area contributed by atoms with E-state index in [1.807, 2.05) is 13.8 Å². The van der Waals surface area contributed by atoms with E-state index >= 15 is 0 Å². The summed E-state index contributed by atoms with van der Waals surface area (Å²) in [6.07, 6.45) is -1.30. The van der Waals surface area contributed by atoms with Crippen LogP contribution in [-0.2, 0) is 24.3 Å². The SMILES string of the molecule is C[C@H](OC(=O)c1ccc(S(=O)(=O)N2C[C@H](C)O[C@@H](C)C2)cc1)C(=O)N(C)C. The summed E-state index contributed by atoms with van der Waals surface area (Å²) in [4.78, 5) is 25.4. The van der Waals surface area contributed by atoms with Gasteiger partial charge in [-0.05, 0) is 45.0 Å². The Labute approximate surface area is 160 Å². The Morgan fingerprint density at radius 2 is 1.67 bits per heavy atom. The molecule has 1 heterocycles. The van der Waals surface area contributed by atoms with Gasteiger partial charge in [-0.2, -0.15) is 4.31 Å². The van der Waals surface area contributed by atoms with E-state index < -0.39 is 22.1 Å². The van der Waals surface area contributed by atoms with E-state index in [4.69, 9.17) is 9.47 Å². The number of benzene rings is 1. The summed E-state index contributed by atoms with van der Waals surface area (Å²) < 4.78 is 37.7. The molecule has 1 aliphatic rings. The monoisotopic (exact) mass is 398 g/mol. The Kier molecular flexibility index (Phi) is 6.61. The number of hydrogen-bond donors (Lipinski definition) is 0. The highest BCUT2D eigenvalue weighted by Gasteiger charge is 2.32. The van der Waals surface area contributed by atoms with Crippen LogP contribution in [0.2, 0.25) is 0 Å². The molecular weight excluding hydrogens is 372 g/mol. The zero-order chi connectivity index (χ0) is 20.4. The first-order chi connectivity index (χ1) is 12.5. The minimum atomic E-state index is -3.68. The predicted molar refractivity (Wildman–Crippen MR) is 98.8 cm³/mol. The van der Waals surface area contributed by atoms with E-state index in [0.29, 0.717) is 0 Å². The van der Waals surface area contributed by atoms with Gasteiger partial charge in [0.25, 0.3) is 5.91 Å². The van der Waals surface area contributed by atoms with Crippen molar-refractivity contribution in [2.45, 2.75) is 44.0 Å². The minimum absolute atomic E-state index is 0.0952. The van der Waals surface area contributed by atoms with Gasteiger partial charge in [-0.15, -0.1) is 0 Å². The molecule has 9 heteroatoms. The molecule has 0 bridgehead atoms. The number of rotatable bonds is 5. The zero-order valence-corrected chi connectivity index (χ0v) is 17.0. The highest BCUT2D eigenvalue weighted by atomic mass is 32.2. The summed E-state index contributed by atoms with van der Waals surface area (Å²) in [5.41, 5.74) is 0.177. The van der Waals surface area contributed by atoms with Crippen LogP contribution in [0.4, 0.5) is 0 Å². The molecular formula is C18H26N2O6S. The van der Waals surface area contributed by atoms with E-state index in [9.17, 15) is 18.0 Å². The maximum Gasteiger partial charge on any atom is 0.338 e. The molecule has 1 aromatic carbocycles. The number of hydrogen-bond acceptors (Lipinski definition) is 6. The molecule has 0 spiro atoms. The summed E-state index contributed by atoms with van der Waals surface area (Å²) in [7, 11) is -0.539. The van der Waals surface area contributed by atoms with E-state index in [0.717, 1.165) is 0 Å². The Morgan fingerprint density at radius 3 is 2.15 bits per heavy atom. The lowest BCUT2D eigenvalue weighted by Gasteiger charge is -2.34. The lowest BCUT2D eigenvalue weighted by Crippen LogP contribution is -2.48. The first-order valence-electron chi connectivity index (χ1n) is 8.70. The summed E-state index contributed by atoms with van der Waals surface area (Å²) in [5.74, 6) is -1.02. The van der Waals surface area contributed by atoms with Gasteiger partial charge in [-0.1, -0.05) is 0 Å². The third-order valence-electron chi connectivity index (χ3n) is 4.19. The van der Waals surface area contributed by atoms with Crippen LogP contribution in [0.5, 0.6) is 0 Å². The second kappa shape index (κ2) is 8.37. The smallest absolute Gasteiger partial charge is 0.338 e. The Balaban J connectivity index is 2.12. The molecule has 27 heavy (non-hydrogen) atoms. The fourth-order valence-corrected chi connectivity index (χ4v) is 4.47. The number of sulfonamides is 1. The van der Waals surface area contributed by atoms with Gasteiger partial charge in [0, 0.05) is 27.2 Å². The second-order valence-corrected chi connectivity index (χ2v) is 8.82. The number of carbonyl (C=O) groups is 2. The number of morpholine rings is 1. The van der Waals surface area contributed by atoms with Gasteiger partial charge in [-0.3, -0.25) is 4.79 Å². The molecule has 1 fully saturated rings. The van der Waals surface area contributed by atoms with Crippen LogP contribution < -0.4 is 0 Å². The first kappa shape index (κ1) is 21.3. The van der Waals surface area contributed by atoms with Crippen molar-refractivity contribution in [3.05, 3.63) is 29.8 Å². The normalized spacial score (nSPS) is 22.1. The molecule has 0 radical (unpaired) electrons. The van der Waals surface area contributed by atoms with Gasteiger partial charge in [0.2, 0.25) is 10.0 Å². The second-order valence-electron chi connectivity index (χ2n) is 6.88. The van der Waals surface area contributed by atoms with Crippen molar-refractivity contribution >= 4 is 21.9 Å². The molecule has 0 saturated carbocycles. The first-order valence-corrected chi connectivity index (χ1v) is 10.1. The fraction of sp³-hybridized carbons (Fsp3) is 0.556. The van der Waals surface area contributed by atoms with E-state index in [1.54, 1.807) is 14.1 Å². The molecule has 1 amide bonds. The van der Waals surface area contributed by atoms with Crippen molar-refractivity contribution in [3.63, 3.8) is 0 Å². The van der Waals surface area contributed by atoms with Gasteiger partial charge in [-0.25, -0.2) is 13.2 Å². The predicted octanol–water partition coefficient (Wildman–Crippen LogP) is 1.12. The van der Waals surface area contributed by atoms with Crippen molar-refractivity contribution in [3.8, 4) is 0 Å². The Hall–Kier alpha value is -1.97. The molecule has 150 valence electrons. The quantitative estimate of drug-likeness (QED) is 0.690. The topological polar surface area (TPSA) is 93.2 Å². The van der Waals surface area contributed by atoms with E-state index in [2.05, 4.69) is 0 Å². The zero-order valence-electron chi connectivity index (χ0n) is 16.2. The van der Waals surface area contributed by atoms with Crippen molar-refractivity contribution < 1.29 is 27.5 Å². The number of carbonyl (C=O) groups excluding carboxylic acids is 2. The Bertz CT molecular complexity index is 781. The molecule has 0 aliphatic carbocycles. The number of nitrogens with zero attached hydrogens (tertiary/aromatic N) is 2. The highest BCUT2D eigenvalue weighted by molar-refractivity contribution is 7.89. The van der Waals surface area contributed by atoms with Crippen LogP contribution in [0, 0.1) is 0 Å². The summed E-state index contributed by atoms with van der Waals surface area (Å²) >= 11 is 0. The highest BCUT2D eigenvalue weighted by Crippen LogP contribution is 2.21. The summed E-state index contributed by atoms with van der Waals surface area (Å²) in [5, 5.41) is 0. The Morgan fingerprint density at radius 1 is 1.15 bits per heavy atom. The van der Waals surface area contributed by atoms with Crippen LogP contribution >= 0.6 is 0 Å². The van der Waals surface area contributed by atoms with Crippen LogP contribution in [0.25, 0.3) is 0 Å². The molecule has 1 aliphatic heterocycles. The summed E-state index contributed by atoms with van der Waals surface area (Å²) in [6.45, 7) is 5.70. The number of likely N-dealkylation sites (N-methyl/N-ethyl adjacent to an activating group) is 1. The van der Waals surface area contributed by atoms with Gasteiger partial charge in [0.1, 0.15) is 0 Å². The lowest BCUT2D eigenvalue weighted by atomic mass is 10.2. The van der Waals surface area contributed by atoms with Gasteiger partial charge >= 0.3 is 5.97 Å². The van der Waals surface area contributed by atoms with Crippen molar-refractivity contribution in [1.29, 1.82) is 0 Å². The number of esters is 1. The third kappa shape index (κ3) is 5.06.